The fraction of sp³-hybridized carbons (Fsp3) is 0.214. The van der Waals surface area contributed by atoms with E-state index in [4.69, 9.17) is 9.84 Å². The summed E-state index contributed by atoms with van der Waals surface area (Å²) in [6.45, 7) is 2.24. The Balaban J connectivity index is 2.16. The molecule has 0 spiro atoms. The normalized spacial score (nSPS) is 11.1. The second kappa shape index (κ2) is 6.55. The van der Waals surface area contributed by atoms with Crippen molar-refractivity contribution in [2.75, 3.05) is 11.3 Å². The van der Waals surface area contributed by atoms with Crippen LogP contribution in [0.5, 0.6) is 5.75 Å². The molecule has 0 atom stereocenters. The van der Waals surface area contributed by atoms with Crippen molar-refractivity contribution < 1.29 is 18.3 Å². The molecule has 0 saturated carbocycles. The predicted molar refractivity (Wildman–Crippen MR) is 78.6 cm³/mol. The van der Waals surface area contributed by atoms with Crippen LogP contribution >= 0.6 is 0 Å². The summed E-state index contributed by atoms with van der Waals surface area (Å²) >= 11 is 0. The molecule has 1 aromatic heterocycles. The molecule has 0 fully saturated rings. The third kappa shape index (κ3) is 3.93. The van der Waals surface area contributed by atoms with E-state index in [1.807, 2.05) is 6.92 Å². The van der Waals surface area contributed by atoms with Crippen molar-refractivity contribution in [3.63, 3.8) is 0 Å². The number of rotatable bonds is 6. The first-order chi connectivity index (χ1) is 10.0. The predicted octanol–water partition coefficient (Wildman–Crippen LogP) is 1.77. The third-order valence-electron chi connectivity index (χ3n) is 2.67. The molecule has 2 rings (SSSR count). The first-order valence-corrected chi connectivity index (χ1v) is 7.85. The van der Waals surface area contributed by atoms with Crippen LogP contribution in [0.2, 0.25) is 0 Å². The fourth-order valence-electron chi connectivity index (χ4n) is 1.66. The summed E-state index contributed by atoms with van der Waals surface area (Å²) < 4.78 is 32.0. The summed E-state index contributed by atoms with van der Waals surface area (Å²) in [6, 6.07) is 9.46. The number of benzene rings is 1. The Morgan fingerprint density at radius 2 is 1.90 bits per heavy atom. The number of aromatic nitrogens is 1. The number of aliphatic hydroxyl groups is 1. The Morgan fingerprint density at radius 3 is 2.43 bits per heavy atom. The van der Waals surface area contributed by atoms with Gasteiger partial charge in [0.05, 0.1) is 13.2 Å². The second-order valence-corrected chi connectivity index (χ2v) is 5.85. The van der Waals surface area contributed by atoms with E-state index in [2.05, 4.69) is 9.71 Å². The lowest BCUT2D eigenvalue weighted by Crippen LogP contribution is -2.14. The molecule has 2 aromatic rings. The lowest BCUT2D eigenvalue weighted by Gasteiger charge is -2.09. The number of sulfonamides is 1. The third-order valence-corrected chi connectivity index (χ3v) is 3.97. The fourth-order valence-corrected chi connectivity index (χ4v) is 2.65. The minimum absolute atomic E-state index is 0.103. The highest BCUT2D eigenvalue weighted by atomic mass is 32.2. The van der Waals surface area contributed by atoms with Crippen LogP contribution in [0, 0.1) is 0 Å². The summed E-state index contributed by atoms with van der Waals surface area (Å²) in [5.41, 5.74) is 0.974. The molecule has 2 N–H and O–H groups in total. The maximum Gasteiger partial charge on any atom is 0.279 e. The van der Waals surface area contributed by atoms with E-state index in [9.17, 15) is 8.42 Å². The number of nitrogens with one attached hydrogen (secondary N) is 1. The van der Waals surface area contributed by atoms with Crippen molar-refractivity contribution in [3.05, 3.63) is 48.2 Å². The standard InChI is InChI=1S/C14H16N2O4S/c1-2-20-13-6-4-12(5-7-13)16-21(18,19)14-8-3-11(10-17)9-15-14/h3-9,16-17H,2,10H2,1H3. The zero-order valence-electron chi connectivity index (χ0n) is 11.5. The van der Waals surface area contributed by atoms with Gasteiger partial charge in [0.1, 0.15) is 5.75 Å². The van der Waals surface area contributed by atoms with Gasteiger partial charge in [0, 0.05) is 11.9 Å². The van der Waals surface area contributed by atoms with E-state index in [1.54, 1.807) is 24.3 Å². The van der Waals surface area contributed by atoms with Gasteiger partial charge in [-0.05, 0) is 42.8 Å². The number of hydrogen-bond donors (Lipinski definition) is 2. The molecule has 0 radical (unpaired) electrons. The zero-order valence-corrected chi connectivity index (χ0v) is 12.3. The number of hydrogen-bond acceptors (Lipinski definition) is 5. The molecule has 6 nitrogen and oxygen atoms in total. The largest absolute Gasteiger partial charge is 0.494 e. The molecule has 21 heavy (non-hydrogen) atoms. The highest BCUT2D eigenvalue weighted by molar-refractivity contribution is 7.92. The number of pyridine rings is 1. The van der Waals surface area contributed by atoms with E-state index >= 15 is 0 Å². The quantitative estimate of drug-likeness (QED) is 0.849. The molecule has 1 aromatic carbocycles. The van der Waals surface area contributed by atoms with E-state index in [1.165, 1.54) is 18.3 Å². The number of aliphatic hydroxyl groups excluding tert-OH is 1. The maximum atomic E-state index is 12.1. The second-order valence-electron chi connectivity index (χ2n) is 4.23. The lowest BCUT2D eigenvalue weighted by molar-refractivity contribution is 0.281. The molecule has 1 heterocycles. The maximum absolute atomic E-state index is 12.1. The van der Waals surface area contributed by atoms with Gasteiger partial charge in [-0.3, -0.25) is 4.72 Å². The van der Waals surface area contributed by atoms with Crippen molar-refractivity contribution in [1.82, 2.24) is 4.98 Å². The summed E-state index contributed by atoms with van der Waals surface area (Å²) in [6.07, 6.45) is 1.33. The lowest BCUT2D eigenvalue weighted by atomic mass is 10.3. The van der Waals surface area contributed by atoms with E-state index in [0.29, 0.717) is 23.6 Å². The first kappa shape index (κ1) is 15.3. The molecule has 7 heteroatoms. The van der Waals surface area contributed by atoms with Crippen LogP contribution in [0.15, 0.2) is 47.6 Å². The van der Waals surface area contributed by atoms with Crippen LogP contribution < -0.4 is 9.46 Å². The number of anilines is 1. The SMILES string of the molecule is CCOc1ccc(NS(=O)(=O)c2ccc(CO)cn2)cc1. The Bertz CT molecular complexity index is 682. The zero-order chi connectivity index (χ0) is 15.3. The van der Waals surface area contributed by atoms with Crippen molar-refractivity contribution in [1.29, 1.82) is 0 Å². The summed E-state index contributed by atoms with van der Waals surface area (Å²) in [7, 11) is -3.75. The first-order valence-electron chi connectivity index (χ1n) is 6.36. The van der Waals surface area contributed by atoms with Crippen LogP contribution in [-0.4, -0.2) is 25.1 Å². The van der Waals surface area contributed by atoms with Crippen molar-refractivity contribution in [2.45, 2.75) is 18.6 Å². The Hall–Kier alpha value is -2.12. The Labute approximate surface area is 123 Å². The Kier molecular flexibility index (Phi) is 4.77. The van der Waals surface area contributed by atoms with Gasteiger partial charge in [-0.15, -0.1) is 0 Å². The number of ether oxygens (including phenoxy) is 1. The van der Waals surface area contributed by atoms with Crippen LogP contribution in [0.25, 0.3) is 0 Å². The van der Waals surface area contributed by atoms with Crippen LogP contribution in [0.1, 0.15) is 12.5 Å². The minimum atomic E-state index is -3.75. The van der Waals surface area contributed by atoms with Crippen molar-refractivity contribution in [2.24, 2.45) is 0 Å². The van der Waals surface area contributed by atoms with Gasteiger partial charge in [-0.2, -0.15) is 8.42 Å². The molecule has 0 aliphatic heterocycles. The van der Waals surface area contributed by atoms with Gasteiger partial charge in [0.2, 0.25) is 0 Å². The smallest absolute Gasteiger partial charge is 0.279 e. The molecule has 0 aliphatic carbocycles. The van der Waals surface area contributed by atoms with Crippen LogP contribution in [-0.2, 0) is 16.6 Å². The van der Waals surface area contributed by atoms with Gasteiger partial charge in [0.15, 0.2) is 5.03 Å². The summed E-state index contributed by atoms with van der Waals surface area (Å²) in [4.78, 5) is 3.83. The summed E-state index contributed by atoms with van der Waals surface area (Å²) in [5.74, 6) is 0.672. The van der Waals surface area contributed by atoms with Gasteiger partial charge in [-0.1, -0.05) is 6.07 Å². The van der Waals surface area contributed by atoms with E-state index < -0.39 is 10.0 Å². The topological polar surface area (TPSA) is 88.5 Å². The highest BCUT2D eigenvalue weighted by Gasteiger charge is 2.15. The highest BCUT2D eigenvalue weighted by Crippen LogP contribution is 2.18. The monoisotopic (exact) mass is 308 g/mol. The van der Waals surface area contributed by atoms with E-state index in [-0.39, 0.29) is 11.6 Å². The van der Waals surface area contributed by atoms with Crippen LogP contribution in [0.3, 0.4) is 0 Å². The average molecular weight is 308 g/mol. The van der Waals surface area contributed by atoms with Gasteiger partial charge in [-0.25, -0.2) is 4.98 Å². The van der Waals surface area contributed by atoms with Gasteiger partial charge < -0.3 is 9.84 Å². The molecular formula is C14H16N2O4S. The molecule has 0 saturated heterocycles. The Morgan fingerprint density at radius 1 is 1.19 bits per heavy atom. The number of nitrogens with zero attached hydrogens (tertiary/aromatic N) is 1. The van der Waals surface area contributed by atoms with E-state index in [0.717, 1.165) is 0 Å². The minimum Gasteiger partial charge on any atom is -0.494 e. The molecule has 0 amide bonds. The molecular weight excluding hydrogens is 292 g/mol. The molecule has 0 bridgehead atoms. The molecule has 0 aliphatic rings. The van der Waals surface area contributed by atoms with Crippen LogP contribution in [0.4, 0.5) is 5.69 Å². The summed E-state index contributed by atoms with van der Waals surface area (Å²) in [5, 5.41) is 8.82. The molecule has 112 valence electrons. The van der Waals surface area contributed by atoms with Gasteiger partial charge >= 0.3 is 0 Å². The van der Waals surface area contributed by atoms with Crippen molar-refractivity contribution in [3.8, 4) is 5.75 Å². The average Bonchev–Trinajstić information content (AvgIpc) is 2.49. The van der Waals surface area contributed by atoms with Gasteiger partial charge in [0.25, 0.3) is 10.0 Å². The molecule has 0 unspecified atom stereocenters. The van der Waals surface area contributed by atoms with Crippen molar-refractivity contribution >= 4 is 15.7 Å².